The van der Waals surface area contributed by atoms with Crippen LogP contribution in [0.5, 0.6) is 0 Å². The van der Waals surface area contributed by atoms with Crippen LogP contribution in [0.3, 0.4) is 0 Å². The van der Waals surface area contributed by atoms with Crippen LogP contribution < -0.4 is 0 Å². The van der Waals surface area contributed by atoms with E-state index in [2.05, 4.69) is 15.2 Å². The predicted octanol–water partition coefficient (Wildman–Crippen LogP) is 2.33. The van der Waals surface area contributed by atoms with Gasteiger partial charge in [-0.05, 0) is 24.3 Å². The van der Waals surface area contributed by atoms with Gasteiger partial charge in [-0.15, -0.1) is 0 Å². The van der Waals surface area contributed by atoms with Gasteiger partial charge in [-0.1, -0.05) is 12.1 Å². The number of carboxylic acid groups (broad SMARTS) is 1. The third kappa shape index (κ3) is 2.65. The molecular weight excluding hydrogens is 320 g/mol. The van der Waals surface area contributed by atoms with Crippen molar-refractivity contribution in [2.24, 2.45) is 0 Å². The summed E-state index contributed by atoms with van der Waals surface area (Å²) in [7, 11) is 0. The van der Waals surface area contributed by atoms with Gasteiger partial charge < -0.3 is 10.0 Å². The fourth-order valence-corrected chi connectivity index (χ4v) is 2.97. The van der Waals surface area contributed by atoms with Gasteiger partial charge in [-0.3, -0.25) is 14.9 Å². The number of carbonyl (C=O) groups is 2. The monoisotopic (exact) mass is 334 g/mol. The Morgan fingerprint density at radius 1 is 1.00 bits per heavy atom. The van der Waals surface area contributed by atoms with Crippen LogP contribution in [-0.4, -0.2) is 37.1 Å². The largest absolute Gasteiger partial charge is 0.478 e. The number of nitrogens with one attached hydrogen (secondary N) is 1. The molecule has 2 N–H and O–H groups in total. The Labute approximate surface area is 142 Å². The van der Waals surface area contributed by atoms with E-state index in [9.17, 15) is 9.59 Å². The molecule has 0 saturated heterocycles. The number of amides is 1. The number of H-pyrrole nitrogens is 1. The Morgan fingerprint density at radius 3 is 2.40 bits per heavy atom. The van der Waals surface area contributed by atoms with E-state index in [1.165, 1.54) is 0 Å². The van der Waals surface area contributed by atoms with Crippen molar-refractivity contribution in [2.45, 2.75) is 13.1 Å². The van der Waals surface area contributed by atoms with Gasteiger partial charge in [0.1, 0.15) is 0 Å². The van der Waals surface area contributed by atoms with E-state index in [0.717, 1.165) is 22.5 Å². The van der Waals surface area contributed by atoms with E-state index in [1.807, 2.05) is 0 Å². The molecule has 1 amide bonds. The summed E-state index contributed by atoms with van der Waals surface area (Å²) in [5.41, 5.74) is 4.26. The van der Waals surface area contributed by atoms with Gasteiger partial charge in [0.05, 0.1) is 30.0 Å². The molecular formula is C18H14N4O3. The van der Waals surface area contributed by atoms with E-state index in [0.29, 0.717) is 18.7 Å². The Bertz CT molecular complexity index is 948. The van der Waals surface area contributed by atoms with Crippen molar-refractivity contribution >= 4 is 11.9 Å². The second kappa shape index (κ2) is 5.86. The smallest absolute Gasteiger partial charge is 0.335 e. The van der Waals surface area contributed by atoms with Gasteiger partial charge in [0.25, 0.3) is 5.91 Å². The highest BCUT2D eigenvalue weighted by Gasteiger charge is 2.29. The fourth-order valence-electron chi connectivity index (χ4n) is 2.97. The molecule has 2 aromatic heterocycles. The first-order valence-corrected chi connectivity index (χ1v) is 7.72. The van der Waals surface area contributed by atoms with E-state index in [-0.39, 0.29) is 11.5 Å². The second-order valence-electron chi connectivity index (χ2n) is 5.81. The number of aromatic carboxylic acids is 1. The summed E-state index contributed by atoms with van der Waals surface area (Å²) >= 11 is 0. The lowest BCUT2D eigenvalue weighted by molar-refractivity contribution is 0.0695. The Balaban J connectivity index is 1.59. The van der Waals surface area contributed by atoms with Crippen LogP contribution in [0.1, 0.15) is 32.0 Å². The second-order valence-corrected chi connectivity index (χ2v) is 5.81. The summed E-state index contributed by atoms with van der Waals surface area (Å²) in [5.74, 6) is -1.02. The highest BCUT2D eigenvalue weighted by molar-refractivity contribution is 5.94. The maximum Gasteiger partial charge on any atom is 0.335 e. The van der Waals surface area contributed by atoms with Gasteiger partial charge in [-0.2, -0.15) is 5.10 Å². The number of pyridine rings is 1. The molecule has 0 radical (unpaired) electrons. The molecule has 0 bridgehead atoms. The van der Waals surface area contributed by atoms with Crippen molar-refractivity contribution in [1.82, 2.24) is 20.1 Å². The normalized spacial score (nSPS) is 12.9. The van der Waals surface area contributed by atoms with Gasteiger partial charge in [0, 0.05) is 29.1 Å². The number of hydrogen-bond donors (Lipinski definition) is 2. The van der Waals surface area contributed by atoms with E-state index < -0.39 is 5.97 Å². The quantitative estimate of drug-likeness (QED) is 0.766. The Hall–Kier alpha value is -3.48. The van der Waals surface area contributed by atoms with Crippen LogP contribution in [0.2, 0.25) is 0 Å². The third-order valence-corrected chi connectivity index (χ3v) is 4.27. The number of aromatic nitrogens is 3. The minimum Gasteiger partial charge on any atom is -0.478 e. The first-order valence-electron chi connectivity index (χ1n) is 7.72. The zero-order valence-electron chi connectivity index (χ0n) is 13.1. The topological polar surface area (TPSA) is 99.2 Å². The number of carboxylic acids is 1. The van der Waals surface area contributed by atoms with E-state index >= 15 is 0 Å². The molecule has 0 spiro atoms. The van der Waals surface area contributed by atoms with Gasteiger partial charge >= 0.3 is 5.97 Å². The lowest BCUT2D eigenvalue weighted by Crippen LogP contribution is -2.25. The Kier molecular flexibility index (Phi) is 3.53. The van der Waals surface area contributed by atoms with Gasteiger partial charge in [0.15, 0.2) is 0 Å². The summed E-state index contributed by atoms with van der Waals surface area (Å²) < 4.78 is 0. The number of fused-ring (bicyclic) bond motifs is 1. The number of carbonyl (C=O) groups excluding carboxylic acids is 1. The molecule has 7 nitrogen and oxygen atoms in total. The maximum atomic E-state index is 12.6. The summed E-state index contributed by atoms with van der Waals surface area (Å²) in [6.45, 7) is 0.930. The number of rotatable bonds is 3. The van der Waals surface area contributed by atoms with E-state index in [4.69, 9.17) is 5.11 Å². The van der Waals surface area contributed by atoms with Crippen molar-refractivity contribution in [3.63, 3.8) is 0 Å². The van der Waals surface area contributed by atoms with Crippen LogP contribution in [0.4, 0.5) is 0 Å². The highest BCUT2D eigenvalue weighted by atomic mass is 16.4. The average molecular weight is 334 g/mol. The highest BCUT2D eigenvalue weighted by Crippen LogP contribution is 2.31. The van der Waals surface area contributed by atoms with Crippen LogP contribution in [-0.2, 0) is 13.1 Å². The summed E-state index contributed by atoms with van der Waals surface area (Å²) in [6.07, 6.45) is 3.19. The molecule has 25 heavy (non-hydrogen) atoms. The van der Waals surface area contributed by atoms with Crippen molar-refractivity contribution in [2.75, 3.05) is 0 Å². The van der Waals surface area contributed by atoms with Crippen LogP contribution >= 0.6 is 0 Å². The first kappa shape index (κ1) is 15.1. The minimum absolute atomic E-state index is 0.0563. The van der Waals surface area contributed by atoms with Crippen molar-refractivity contribution < 1.29 is 14.7 Å². The molecule has 1 aliphatic heterocycles. The van der Waals surface area contributed by atoms with Crippen molar-refractivity contribution in [3.05, 3.63) is 71.2 Å². The van der Waals surface area contributed by atoms with Gasteiger partial charge in [-0.25, -0.2) is 4.79 Å². The molecule has 1 aliphatic rings. The first-order chi connectivity index (χ1) is 12.1. The molecule has 0 atom stereocenters. The summed E-state index contributed by atoms with van der Waals surface area (Å²) in [6, 6.07) is 9.94. The third-order valence-electron chi connectivity index (χ3n) is 4.27. The minimum atomic E-state index is -0.965. The van der Waals surface area contributed by atoms with Crippen molar-refractivity contribution in [1.29, 1.82) is 0 Å². The number of nitrogens with zero attached hydrogens (tertiary/aromatic N) is 3. The molecule has 4 rings (SSSR count). The molecule has 0 aliphatic carbocycles. The molecule has 3 aromatic rings. The number of benzene rings is 1. The standard InChI is InChI=1S/C18H14N4O3/c23-17(12-5-7-19-8-6-12)22-9-14-15(10-22)20-21-16(14)11-1-3-13(4-2-11)18(24)25/h1-8H,9-10H2,(H,20,21)(H,24,25). The van der Waals surface area contributed by atoms with Crippen LogP contribution in [0.15, 0.2) is 48.8 Å². The average Bonchev–Trinajstić information content (AvgIpc) is 3.22. The van der Waals surface area contributed by atoms with Crippen LogP contribution in [0.25, 0.3) is 11.3 Å². The lowest BCUT2D eigenvalue weighted by Gasteiger charge is -2.15. The zero-order valence-corrected chi connectivity index (χ0v) is 13.1. The SMILES string of the molecule is O=C(O)c1ccc(-c2n[nH]c3c2CN(C(=O)c2ccncc2)C3)cc1. The van der Waals surface area contributed by atoms with Crippen LogP contribution in [0, 0.1) is 0 Å². The molecule has 124 valence electrons. The zero-order chi connectivity index (χ0) is 17.4. The molecule has 3 heterocycles. The van der Waals surface area contributed by atoms with Gasteiger partial charge in [0.2, 0.25) is 0 Å². The molecule has 1 aromatic carbocycles. The molecule has 7 heteroatoms. The molecule has 0 fully saturated rings. The van der Waals surface area contributed by atoms with Crippen molar-refractivity contribution in [3.8, 4) is 11.3 Å². The lowest BCUT2D eigenvalue weighted by atomic mass is 10.1. The molecule has 0 unspecified atom stereocenters. The molecule has 0 saturated carbocycles. The maximum absolute atomic E-state index is 12.6. The summed E-state index contributed by atoms with van der Waals surface area (Å²) in [5, 5.41) is 16.3. The summed E-state index contributed by atoms with van der Waals surface area (Å²) in [4.78, 5) is 29.2. The fraction of sp³-hybridized carbons (Fsp3) is 0.111. The Morgan fingerprint density at radius 2 is 1.72 bits per heavy atom. The predicted molar refractivity (Wildman–Crippen MR) is 88.8 cm³/mol. The number of hydrogen-bond acceptors (Lipinski definition) is 4. The van der Waals surface area contributed by atoms with E-state index in [1.54, 1.807) is 53.7 Å². The number of aromatic amines is 1.